The fourth-order valence-electron chi connectivity index (χ4n) is 1.10. The third-order valence-electron chi connectivity index (χ3n) is 1.96. The van der Waals surface area contributed by atoms with Gasteiger partial charge in [-0.1, -0.05) is 31.2 Å². The van der Waals surface area contributed by atoms with Gasteiger partial charge in [-0.15, -0.1) is 11.6 Å². The summed E-state index contributed by atoms with van der Waals surface area (Å²) in [7, 11) is 0. The van der Waals surface area contributed by atoms with Crippen molar-refractivity contribution >= 4 is 29.4 Å². The minimum absolute atomic E-state index is 0.655. The van der Waals surface area contributed by atoms with E-state index in [4.69, 9.17) is 23.5 Å². The van der Waals surface area contributed by atoms with Gasteiger partial charge in [0.15, 0.2) is 5.38 Å². The Kier molecular flexibility index (Phi) is 4.23. The van der Waals surface area contributed by atoms with E-state index < -0.39 is 11.3 Å². The molecule has 1 aromatic carbocycles. The predicted octanol–water partition coefficient (Wildman–Crippen LogP) is 3.23. The van der Waals surface area contributed by atoms with Crippen LogP contribution in [0.2, 0.25) is 0 Å². The van der Waals surface area contributed by atoms with Crippen LogP contribution in [0.5, 0.6) is 0 Å². The fourth-order valence-corrected chi connectivity index (χ4v) is 1.42. The van der Waals surface area contributed by atoms with Crippen molar-refractivity contribution in [3.8, 4) is 0 Å². The van der Waals surface area contributed by atoms with E-state index in [0.717, 1.165) is 6.42 Å². The van der Waals surface area contributed by atoms with E-state index >= 15 is 0 Å². The van der Waals surface area contributed by atoms with Crippen LogP contribution in [0.3, 0.4) is 0 Å². The van der Waals surface area contributed by atoms with Gasteiger partial charge < -0.3 is 4.29 Å². The number of alkyl halides is 1. The third-order valence-corrected chi connectivity index (χ3v) is 2.55. The second-order valence-corrected chi connectivity index (χ2v) is 3.44. The second kappa shape index (κ2) is 5.23. The summed E-state index contributed by atoms with van der Waals surface area (Å²) in [6.45, 7) is 2.06. The molecule has 0 fully saturated rings. The monoisotopic (exact) mass is 232 g/mol. The lowest BCUT2D eigenvalue weighted by molar-refractivity contribution is -0.133. The average molecular weight is 233 g/mol. The van der Waals surface area contributed by atoms with Gasteiger partial charge in [-0.25, -0.2) is 4.79 Å². The maximum absolute atomic E-state index is 11.0. The molecule has 0 saturated heterocycles. The Balaban J connectivity index is 2.81. The lowest BCUT2D eigenvalue weighted by Gasteiger charge is -2.06. The molecule has 0 aliphatic carbocycles. The second-order valence-electron chi connectivity index (χ2n) is 2.85. The first-order valence-electron chi connectivity index (χ1n) is 4.24. The van der Waals surface area contributed by atoms with Gasteiger partial charge in [0, 0.05) is 0 Å². The molecule has 0 aliphatic rings. The Hall–Kier alpha value is -0.730. The van der Waals surface area contributed by atoms with Crippen molar-refractivity contribution < 1.29 is 9.08 Å². The molecule has 0 aliphatic heterocycles. The molecule has 2 nitrogen and oxygen atoms in total. The fraction of sp³-hybridized carbons (Fsp3) is 0.300. The zero-order valence-corrected chi connectivity index (χ0v) is 9.18. The SMILES string of the molecule is CCc1ccc(C(Cl)C(=O)OCl)cc1. The summed E-state index contributed by atoms with van der Waals surface area (Å²) in [6, 6.07) is 7.44. The van der Waals surface area contributed by atoms with E-state index in [-0.39, 0.29) is 0 Å². The molecule has 1 aromatic rings. The number of rotatable bonds is 3. The van der Waals surface area contributed by atoms with Crippen molar-refractivity contribution in [2.75, 3.05) is 0 Å². The highest BCUT2D eigenvalue weighted by molar-refractivity contribution is 6.31. The Labute approximate surface area is 92.9 Å². The van der Waals surface area contributed by atoms with Crippen molar-refractivity contribution in [3.63, 3.8) is 0 Å². The van der Waals surface area contributed by atoms with Gasteiger partial charge in [-0.3, -0.25) is 0 Å². The standard InChI is InChI=1S/C10H10Cl2O2/c1-2-7-3-5-8(6-4-7)9(11)10(13)14-12/h3-6,9H,2H2,1H3. The Morgan fingerprint density at radius 1 is 1.43 bits per heavy atom. The Morgan fingerprint density at radius 3 is 2.43 bits per heavy atom. The highest BCUT2D eigenvalue weighted by atomic mass is 35.5. The Morgan fingerprint density at radius 2 is 2.00 bits per heavy atom. The lowest BCUT2D eigenvalue weighted by atomic mass is 10.1. The minimum Gasteiger partial charge on any atom is -0.346 e. The average Bonchev–Trinajstić information content (AvgIpc) is 2.27. The number of hydrogen-bond donors (Lipinski definition) is 0. The molecule has 0 saturated carbocycles. The van der Waals surface area contributed by atoms with E-state index in [1.54, 1.807) is 12.1 Å². The number of benzene rings is 1. The number of carbonyl (C=O) groups is 1. The molecule has 1 unspecified atom stereocenters. The number of carbonyl (C=O) groups excluding carboxylic acids is 1. The van der Waals surface area contributed by atoms with E-state index in [1.807, 2.05) is 12.1 Å². The summed E-state index contributed by atoms with van der Waals surface area (Å²) in [6.07, 6.45) is 0.952. The van der Waals surface area contributed by atoms with Gasteiger partial charge in [0.2, 0.25) is 0 Å². The van der Waals surface area contributed by atoms with E-state index in [9.17, 15) is 4.79 Å². The summed E-state index contributed by atoms with van der Waals surface area (Å²) in [5.74, 6) is -0.655. The Bertz CT molecular complexity index is 308. The molecule has 0 heterocycles. The van der Waals surface area contributed by atoms with Gasteiger partial charge >= 0.3 is 5.97 Å². The van der Waals surface area contributed by atoms with Crippen molar-refractivity contribution in [1.29, 1.82) is 0 Å². The third kappa shape index (κ3) is 2.63. The topological polar surface area (TPSA) is 26.3 Å². The molecule has 1 rings (SSSR count). The normalized spacial score (nSPS) is 12.2. The maximum atomic E-state index is 11.0. The highest BCUT2D eigenvalue weighted by Gasteiger charge is 2.18. The predicted molar refractivity (Wildman–Crippen MR) is 56.4 cm³/mol. The van der Waals surface area contributed by atoms with Gasteiger partial charge in [-0.05, 0) is 17.5 Å². The van der Waals surface area contributed by atoms with Gasteiger partial charge in [0.05, 0.1) is 0 Å². The number of halogens is 2. The first-order chi connectivity index (χ1) is 6.69. The van der Waals surface area contributed by atoms with E-state index in [1.165, 1.54) is 5.56 Å². The van der Waals surface area contributed by atoms with Crippen molar-refractivity contribution in [1.82, 2.24) is 0 Å². The zero-order valence-electron chi connectivity index (χ0n) is 7.67. The quantitative estimate of drug-likeness (QED) is 0.749. The van der Waals surface area contributed by atoms with Gasteiger partial charge in [-0.2, -0.15) is 0 Å². The molecular formula is C10H10Cl2O2. The molecule has 0 bridgehead atoms. The first kappa shape index (κ1) is 11.3. The van der Waals surface area contributed by atoms with Crippen LogP contribution in [0.1, 0.15) is 23.4 Å². The maximum Gasteiger partial charge on any atom is 0.346 e. The van der Waals surface area contributed by atoms with Crippen LogP contribution >= 0.6 is 23.5 Å². The van der Waals surface area contributed by atoms with Gasteiger partial charge in [0.25, 0.3) is 0 Å². The highest BCUT2D eigenvalue weighted by Crippen LogP contribution is 2.22. The smallest absolute Gasteiger partial charge is 0.346 e. The van der Waals surface area contributed by atoms with Crippen LogP contribution in [-0.2, 0) is 15.5 Å². The number of hydrogen-bond acceptors (Lipinski definition) is 2. The van der Waals surface area contributed by atoms with Crippen molar-refractivity contribution in [3.05, 3.63) is 35.4 Å². The van der Waals surface area contributed by atoms with Crippen LogP contribution in [0.25, 0.3) is 0 Å². The lowest BCUT2D eigenvalue weighted by Crippen LogP contribution is -2.06. The molecule has 0 aromatic heterocycles. The minimum atomic E-state index is -0.835. The van der Waals surface area contributed by atoms with Gasteiger partial charge in [0.1, 0.15) is 11.9 Å². The molecular weight excluding hydrogens is 223 g/mol. The summed E-state index contributed by atoms with van der Waals surface area (Å²) < 4.78 is 4.02. The molecule has 1 atom stereocenters. The van der Waals surface area contributed by atoms with Crippen molar-refractivity contribution in [2.45, 2.75) is 18.7 Å². The molecule has 4 heteroatoms. The zero-order chi connectivity index (χ0) is 10.6. The molecule has 0 amide bonds. The van der Waals surface area contributed by atoms with Crippen LogP contribution in [0.15, 0.2) is 24.3 Å². The first-order valence-corrected chi connectivity index (χ1v) is 4.99. The molecule has 0 spiro atoms. The van der Waals surface area contributed by atoms with Crippen LogP contribution < -0.4 is 0 Å². The van der Waals surface area contributed by atoms with E-state index in [0.29, 0.717) is 5.56 Å². The van der Waals surface area contributed by atoms with Crippen LogP contribution in [0.4, 0.5) is 0 Å². The largest absolute Gasteiger partial charge is 0.346 e. The van der Waals surface area contributed by atoms with Crippen LogP contribution in [0, 0.1) is 0 Å². The van der Waals surface area contributed by atoms with Crippen LogP contribution in [-0.4, -0.2) is 5.97 Å². The molecule has 14 heavy (non-hydrogen) atoms. The summed E-state index contributed by atoms with van der Waals surface area (Å²) in [5.41, 5.74) is 1.88. The summed E-state index contributed by atoms with van der Waals surface area (Å²) in [4.78, 5) is 11.0. The summed E-state index contributed by atoms with van der Waals surface area (Å²) >= 11 is 10.7. The number of aryl methyl sites for hydroxylation is 1. The summed E-state index contributed by atoms with van der Waals surface area (Å²) in [5, 5.41) is -0.835. The molecule has 0 radical (unpaired) electrons. The van der Waals surface area contributed by atoms with Crippen molar-refractivity contribution in [2.24, 2.45) is 0 Å². The molecule has 0 N–H and O–H groups in total. The van der Waals surface area contributed by atoms with E-state index in [2.05, 4.69) is 11.2 Å². The molecule has 76 valence electrons.